The minimum Gasteiger partial charge on any atom is -0.466 e. The fourth-order valence-corrected chi connectivity index (χ4v) is 1.25. The van der Waals surface area contributed by atoms with Crippen LogP contribution in [0, 0.1) is 0 Å². The molecule has 0 aromatic rings. The minimum atomic E-state index is -0.147. The van der Waals surface area contributed by atoms with Crippen molar-refractivity contribution in [3.8, 4) is 0 Å². The van der Waals surface area contributed by atoms with Crippen LogP contribution in [0.5, 0.6) is 0 Å². The molecule has 0 aliphatic heterocycles. The molecule has 0 aliphatic carbocycles. The maximum absolute atomic E-state index is 11.0. The number of rotatable bonds is 12. The third-order valence-electron chi connectivity index (χ3n) is 2.06. The van der Waals surface area contributed by atoms with Crippen LogP contribution in [0.15, 0.2) is 0 Å². The Hall–Kier alpha value is -0.650. The summed E-state index contributed by atoms with van der Waals surface area (Å²) in [5.41, 5.74) is 5.28. The predicted octanol–water partition coefficient (Wildman–Crippen LogP) is 1.10. The van der Waals surface area contributed by atoms with Gasteiger partial charge in [0.1, 0.15) is 0 Å². The van der Waals surface area contributed by atoms with Gasteiger partial charge in [-0.25, -0.2) is 0 Å². The topological polar surface area (TPSA) is 70.8 Å². The van der Waals surface area contributed by atoms with Gasteiger partial charge in [0, 0.05) is 32.8 Å². The average Bonchev–Trinajstić information content (AvgIpc) is 2.32. The molecule has 0 aromatic carbocycles. The van der Waals surface area contributed by atoms with Crippen molar-refractivity contribution >= 4 is 5.97 Å². The molecule has 0 heterocycles. The molecule has 0 spiro atoms. The highest BCUT2D eigenvalue weighted by Crippen LogP contribution is 1.96. The lowest BCUT2D eigenvalue weighted by molar-refractivity contribution is -0.143. The quantitative estimate of drug-likeness (QED) is 0.413. The van der Waals surface area contributed by atoms with E-state index in [2.05, 4.69) is 0 Å². The first-order valence-electron chi connectivity index (χ1n) is 6.32. The van der Waals surface area contributed by atoms with Crippen LogP contribution in [0.25, 0.3) is 0 Å². The highest BCUT2D eigenvalue weighted by molar-refractivity contribution is 5.69. The molecule has 0 amide bonds. The average molecular weight is 247 g/mol. The van der Waals surface area contributed by atoms with Crippen molar-refractivity contribution in [1.82, 2.24) is 0 Å². The van der Waals surface area contributed by atoms with Crippen LogP contribution in [0.3, 0.4) is 0 Å². The summed E-state index contributed by atoms with van der Waals surface area (Å²) in [5.74, 6) is -0.147. The third kappa shape index (κ3) is 13.3. The lowest BCUT2D eigenvalue weighted by atomic mass is 10.3. The van der Waals surface area contributed by atoms with Crippen LogP contribution in [-0.2, 0) is 19.0 Å². The van der Waals surface area contributed by atoms with E-state index in [1.807, 2.05) is 0 Å². The first kappa shape index (κ1) is 16.4. The third-order valence-corrected chi connectivity index (χ3v) is 2.06. The summed E-state index contributed by atoms with van der Waals surface area (Å²) in [4.78, 5) is 11.0. The summed E-state index contributed by atoms with van der Waals surface area (Å²) in [5, 5.41) is 0. The van der Waals surface area contributed by atoms with Crippen molar-refractivity contribution in [2.24, 2.45) is 5.73 Å². The standard InChI is InChI=1S/C12H25NO4/c1-2-17-12(14)6-5-10-15-8-3-4-9-16-11-7-13/h2-11,13H2,1H3. The van der Waals surface area contributed by atoms with E-state index in [0.29, 0.717) is 32.8 Å². The monoisotopic (exact) mass is 247 g/mol. The largest absolute Gasteiger partial charge is 0.466 e. The van der Waals surface area contributed by atoms with Crippen molar-refractivity contribution in [3.05, 3.63) is 0 Å². The first-order valence-corrected chi connectivity index (χ1v) is 6.32. The maximum atomic E-state index is 11.0. The summed E-state index contributed by atoms with van der Waals surface area (Å²) < 4.78 is 15.4. The minimum absolute atomic E-state index is 0.147. The summed E-state index contributed by atoms with van der Waals surface area (Å²) in [6, 6.07) is 0. The zero-order valence-corrected chi connectivity index (χ0v) is 10.8. The Bertz CT molecular complexity index is 176. The Labute approximate surface area is 104 Å². The Morgan fingerprint density at radius 1 is 1.00 bits per heavy atom. The lowest BCUT2D eigenvalue weighted by Gasteiger charge is -2.05. The molecular weight excluding hydrogens is 222 g/mol. The van der Waals surface area contributed by atoms with Gasteiger partial charge >= 0.3 is 5.97 Å². The van der Waals surface area contributed by atoms with Crippen LogP contribution in [-0.4, -0.2) is 45.5 Å². The second-order valence-electron chi connectivity index (χ2n) is 3.63. The number of ether oxygens (including phenoxy) is 3. The van der Waals surface area contributed by atoms with E-state index < -0.39 is 0 Å². The molecule has 2 N–H and O–H groups in total. The SMILES string of the molecule is CCOC(=O)CCCOCCCCOCCN. The number of nitrogens with two attached hydrogens (primary N) is 1. The van der Waals surface area contributed by atoms with Crippen molar-refractivity contribution in [3.63, 3.8) is 0 Å². The van der Waals surface area contributed by atoms with Crippen LogP contribution in [0.4, 0.5) is 0 Å². The zero-order valence-electron chi connectivity index (χ0n) is 10.8. The van der Waals surface area contributed by atoms with E-state index in [1.165, 1.54) is 0 Å². The number of hydrogen-bond donors (Lipinski definition) is 1. The first-order chi connectivity index (χ1) is 8.31. The van der Waals surface area contributed by atoms with Crippen LogP contribution >= 0.6 is 0 Å². The van der Waals surface area contributed by atoms with Gasteiger partial charge in [0.25, 0.3) is 0 Å². The van der Waals surface area contributed by atoms with Crippen LogP contribution in [0.2, 0.25) is 0 Å². The fraction of sp³-hybridized carbons (Fsp3) is 0.917. The molecular formula is C12H25NO4. The van der Waals surface area contributed by atoms with Gasteiger partial charge in [-0.15, -0.1) is 0 Å². The zero-order chi connectivity index (χ0) is 12.8. The van der Waals surface area contributed by atoms with E-state index in [0.717, 1.165) is 32.5 Å². The molecule has 5 nitrogen and oxygen atoms in total. The van der Waals surface area contributed by atoms with Gasteiger partial charge in [0.15, 0.2) is 0 Å². The number of esters is 1. The summed E-state index contributed by atoms with van der Waals surface area (Å²) in [6.07, 6.45) is 3.12. The second kappa shape index (κ2) is 13.4. The summed E-state index contributed by atoms with van der Waals surface area (Å²) in [6.45, 7) is 5.52. The fourth-order valence-electron chi connectivity index (χ4n) is 1.25. The molecule has 0 unspecified atom stereocenters. The number of hydrogen-bond acceptors (Lipinski definition) is 5. The molecule has 0 saturated heterocycles. The molecule has 102 valence electrons. The van der Waals surface area contributed by atoms with Crippen molar-refractivity contribution in [2.45, 2.75) is 32.6 Å². The van der Waals surface area contributed by atoms with Gasteiger partial charge in [0.2, 0.25) is 0 Å². The van der Waals surface area contributed by atoms with Gasteiger partial charge in [-0.3, -0.25) is 4.79 Å². The smallest absolute Gasteiger partial charge is 0.305 e. The van der Waals surface area contributed by atoms with E-state index in [1.54, 1.807) is 6.92 Å². The highest BCUT2D eigenvalue weighted by atomic mass is 16.5. The molecule has 0 atom stereocenters. The van der Waals surface area contributed by atoms with E-state index in [4.69, 9.17) is 19.9 Å². The van der Waals surface area contributed by atoms with Gasteiger partial charge < -0.3 is 19.9 Å². The molecule has 0 bridgehead atoms. The maximum Gasteiger partial charge on any atom is 0.305 e. The molecule has 0 rings (SSSR count). The van der Waals surface area contributed by atoms with Gasteiger partial charge in [0.05, 0.1) is 13.2 Å². The molecule has 0 saturated carbocycles. The molecule has 0 aromatic heterocycles. The van der Waals surface area contributed by atoms with Gasteiger partial charge in [-0.2, -0.15) is 0 Å². The van der Waals surface area contributed by atoms with Crippen molar-refractivity contribution in [2.75, 3.05) is 39.6 Å². The Morgan fingerprint density at radius 3 is 2.18 bits per heavy atom. The number of carbonyl (C=O) groups excluding carboxylic acids is 1. The second-order valence-corrected chi connectivity index (χ2v) is 3.63. The van der Waals surface area contributed by atoms with Gasteiger partial charge in [-0.1, -0.05) is 0 Å². The molecule has 5 heteroatoms. The molecule has 0 radical (unpaired) electrons. The van der Waals surface area contributed by atoms with E-state index in [9.17, 15) is 4.79 Å². The van der Waals surface area contributed by atoms with Crippen molar-refractivity contribution < 1.29 is 19.0 Å². The Kier molecular flexibility index (Phi) is 12.9. The summed E-state index contributed by atoms with van der Waals surface area (Å²) in [7, 11) is 0. The molecule has 0 fully saturated rings. The predicted molar refractivity (Wildman–Crippen MR) is 65.8 cm³/mol. The van der Waals surface area contributed by atoms with Gasteiger partial charge in [-0.05, 0) is 26.2 Å². The van der Waals surface area contributed by atoms with E-state index >= 15 is 0 Å². The molecule has 17 heavy (non-hydrogen) atoms. The van der Waals surface area contributed by atoms with E-state index in [-0.39, 0.29) is 5.97 Å². The molecule has 0 aliphatic rings. The number of carbonyl (C=O) groups is 1. The van der Waals surface area contributed by atoms with Crippen LogP contribution in [0.1, 0.15) is 32.6 Å². The Balaban J connectivity index is 3.01. The lowest BCUT2D eigenvalue weighted by Crippen LogP contribution is -2.09. The normalized spacial score (nSPS) is 10.5. The Morgan fingerprint density at radius 2 is 1.59 bits per heavy atom. The summed E-state index contributed by atoms with van der Waals surface area (Å²) >= 11 is 0. The van der Waals surface area contributed by atoms with Crippen LogP contribution < -0.4 is 5.73 Å². The van der Waals surface area contributed by atoms with Crippen molar-refractivity contribution in [1.29, 1.82) is 0 Å². The highest BCUT2D eigenvalue weighted by Gasteiger charge is 2.00. The number of unbranched alkanes of at least 4 members (excludes halogenated alkanes) is 1.